The van der Waals surface area contributed by atoms with E-state index in [2.05, 4.69) is 0 Å². The van der Waals surface area contributed by atoms with Crippen LogP contribution >= 0.6 is 0 Å². The van der Waals surface area contributed by atoms with Crippen LogP contribution in [0.3, 0.4) is 0 Å². The predicted molar refractivity (Wildman–Crippen MR) is 56.2 cm³/mol. The summed E-state index contributed by atoms with van der Waals surface area (Å²) in [4.78, 5) is 11.3. The molecule has 0 radical (unpaired) electrons. The number of hydrogen-bond donors (Lipinski definition) is 0. The van der Waals surface area contributed by atoms with Crippen LogP contribution in [0.2, 0.25) is 0 Å². The topological polar surface area (TPSA) is 22.0 Å². The first-order valence-electron chi connectivity index (χ1n) is 4.53. The maximum atomic E-state index is 11.3. The van der Waals surface area contributed by atoms with Crippen molar-refractivity contribution >= 4 is 5.91 Å². The fourth-order valence-electron chi connectivity index (χ4n) is 1.50. The predicted octanol–water partition coefficient (Wildman–Crippen LogP) is 2.82. The Morgan fingerprint density at radius 1 is 1.07 bits per heavy atom. The van der Waals surface area contributed by atoms with Crippen LogP contribution in [-0.4, -0.2) is 10.5 Å². The van der Waals surface area contributed by atoms with E-state index in [4.69, 9.17) is 0 Å². The van der Waals surface area contributed by atoms with Gasteiger partial charge in [-0.1, -0.05) is 30.3 Å². The Hall–Kier alpha value is -1.83. The highest BCUT2D eigenvalue weighted by atomic mass is 16.1. The summed E-state index contributed by atoms with van der Waals surface area (Å²) >= 11 is 0. The first-order valence-corrected chi connectivity index (χ1v) is 4.53. The van der Waals surface area contributed by atoms with Crippen molar-refractivity contribution in [2.24, 2.45) is 0 Å². The van der Waals surface area contributed by atoms with Crippen LogP contribution in [0.4, 0.5) is 0 Å². The summed E-state index contributed by atoms with van der Waals surface area (Å²) in [5, 5.41) is 0. The van der Waals surface area contributed by atoms with Crippen LogP contribution in [0.5, 0.6) is 0 Å². The minimum Gasteiger partial charge on any atom is -0.288 e. The Morgan fingerprint density at radius 3 is 2.43 bits per heavy atom. The molecule has 0 N–H and O–H groups in total. The molecule has 2 aromatic rings. The molecule has 0 amide bonds. The van der Waals surface area contributed by atoms with Gasteiger partial charge in [-0.2, -0.15) is 0 Å². The van der Waals surface area contributed by atoms with Crippen molar-refractivity contribution in [3.8, 4) is 11.3 Å². The van der Waals surface area contributed by atoms with Crippen LogP contribution in [0.25, 0.3) is 11.3 Å². The van der Waals surface area contributed by atoms with E-state index in [1.807, 2.05) is 42.5 Å². The molecule has 2 heteroatoms. The summed E-state index contributed by atoms with van der Waals surface area (Å²) in [6.07, 6.45) is 1.78. The monoisotopic (exact) mass is 185 g/mol. The average Bonchev–Trinajstić information content (AvgIpc) is 2.67. The molecule has 0 bridgehead atoms. The quantitative estimate of drug-likeness (QED) is 0.669. The van der Waals surface area contributed by atoms with Crippen LogP contribution in [0.1, 0.15) is 11.7 Å². The van der Waals surface area contributed by atoms with Gasteiger partial charge in [-0.15, -0.1) is 0 Å². The summed E-state index contributed by atoms with van der Waals surface area (Å²) < 4.78 is 1.65. The molecular formula is C12H11NO. The van der Waals surface area contributed by atoms with Crippen LogP contribution in [0, 0.1) is 0 Å². The third-order valence-electron chi connectivity index (χ3n) is 2.16. The molecule has 0 saturated heterocycles. The van der Waals surface area contributed by atoms with Crippen molar-refractivity contribution in [1.29, 1.82) is 0 Å². The fraction of sp³-hybridized carbons (Fsp3) is 0.0833. The van der Waals surface area contributed by atoms with Crippen LogP contribution in [0.15, 0.2) is 48.7 Å². The molecule has 70 valence electrons. The van der Waals surface area contributed by atoms with E-state index in [9.17, 15) is 4.79 Å². The third kappa shape index (κ3) is 1.46. The largest absolute Gasteiger partial charge is 0.288 e. The van der Waals surface area contributed by atoms with Crippen molar-refractivity contribution < 1.29 is 4.79 Å². The highest BCUT2D eigenvalue weighted by Gasteiger charge is 2.05. The number of benzene rings is 1. The molecule has 0 spiro atoms. The van der Waals surface area contributed by atoms with E-state index in [1.165, 1.54) is 0 Å². The van der Waals surface area contributed by atoms with E-state index in [-0.39, 0.29) is 5.91 Å². The van der Waals surface area contributed by atoms with Gasteiger partial charge in [0, 0.05) is 13.1 Å². The lowest BCUT2D eigenvalue weighted by molar-refractivity contribution is 0.0939. The first kappa shape index (κ1) is 8.75. The number of carbonyl (C=O) groups excluding carboxylic acids is 1. The maximum Gasteiger partial charge on any atom is 0.227 e. The van der Waals surface area contributed by atoms with Crippen molar-refractivity contribution in [2.75, 3.05) is 0 Å². The van der Waals surface area contributed by atoms with Crippen LogP contribution in [-0.2, 0) is 0 Å². The standard InChI is InChI=1S/C12H11NO/c1-10(14)13-9-5-8-12(13)11-6-3-2-4-7-11/h2-9H,1H3. The van der Waals surface area contributed by atoms with Gasteiger partial charge < -0.3 is 0 Å². The van der Waals surface area contributed by atoms with Gasteiger partial charge >= 0.3 is 0 Å². The van der Waals surface area contributed by atoms with Crippen molar-refractivity contribution in [3.63, 3.8) is 0 Å². The minimum absolute atomic E-state index is 0.0360. The van der Waals surface area contributed by atoms with Gasteiger partial charge in [-0.05, 0) is 17.7 Å². The number of nitrogens with zero attached hydrogens (tertiary/aromatic N) is 1. The van der Waals surface area contributed by atoms with Crippen LogP contribution < -0.4 is 0 Å². The second kappa shape index (κ2) is 3.50. The zero-order valence-electron chi connectivity index (χ0n) is 7.97. The second-order valence-electron chi connectivity index (χ2n) is 3.15. The Labute approximate surface area is 82.8 Å². The van der Waals surface area contributed by atoms with Gasteiger partial charge in [0.2, 0.25) is 5.91 Å². The number of carbonyl (C=O) groups is 1. The molecule has 1 aromatic heterocycles. The fourth-order valence-corrected chi connectivity index (χ4v) is 1.50. The average molecular weight is 185 g/mol. The minimum atomic E-state index is 0.0360. The molecule has 0 unspecified atom stereocenters. The summed E-state index contributed by atoms with van der Waals surface area (Å²) in [7, 11) is 0. The lowest BCUT2D eigenvalue weighted by Gasteiger charge is -2.04. The second-order valence-corrected chi connectivity index (χ2v) is 3.15. The zero-order valence-corrected chi connectivity index (χ0v) is 7.97. The number of hydrogen-bond acceptors (Lipinski definition) is 1. The highest BCUT2D eigenvalue weighted by Crippen LogP contribution is 2.19. The zero-order chi connectivity index (χ0) is 9.97. The first-order chi connectivity index (χ1) is 6.79. The molecule has 0 saturated carbocycles. The molecule has 14 heavy (non-hydrogen) atoms. The molecule has 0 fully saturated rings. The van der Waals surface area contributed by atoms with Crippen molar-refractivity contribution in [1.82, 2.24) is 4.57 Å². The Bertz CT molecular complexity index is 442. The van der Waals surface area contributed by atoms with E-state index < -0.39 is 0 Å². The van der Waals surface area contributed by atoms with Gasteiger partial charge in [0.25, 0.3) is 0 Å². The number of aromatic nitrogens is 1. The van der Waals surface area contributed by atoms with Crippen molar-refractivity contribution in [3.05, 3.63) is 48.7 Å². The van der Waals surface area contributed by atoms with Gasteiger partial charge in [-0.25, -0.2) is 0 Å². The summed E-state index contributed by atoms with van der Waals surface area (Å²) in [5.74, 6) is 0.0360. The summed E-state index contributed by atoms with van der Waals surface area (Å²) in [6, 6.07) is 13.7. The number of rotatable bonds is 1. The molecule has 0 aliphatic carbocycles. The summed E-state index contributed by atoms with van der Waals surface area (Å²) in [6.45, 7) is 1.56. The van der Waals surface area contributed by atoms with E-state index in [0.717, 1.165) is 11.3 Å². The molecule has 0 aliphatic heterocycles. The molecule has 1 heterocycles. The maximum absolute atomic E-state index is 11.3. The smallest absolute Gasteiger partial charge is 0.227 e. The van der Waals surface area contributed by atoms with E-state index in [0.29, 0.717) is 0 Å². The molecule has 2 rings (SSSR count). The molecule has 1 aromatic carbocycles. The van der Waals surface area contributed by atoms with E-state index >= 15 is 0 Å². The third-order valence-corrected chi connectivity index (χ3v) is 2.16. The van der Waals surface area contributed by atoms with Gasteiger partial charge in [-0.3, -0.25) is 9.36 Å². The van der Waals surface area contributed by atoms with E-state index in [1.54, 1.807) is 17.7 Å². The normalized spacial score (nSPS) is 10.1. The summed E-state index contributed by atoms with van der Waals surface area (Å²) in [5.41, 5.74) is 2.01. The lowest BCUT2D eigenvalue weighted by atomic mass is 10.1. The molecule has 0 aliphatic rings. The molecule has 0 atom stereocenters. The Balaban J connectivity index is 2.52. The molecule has 2 nitrogen and oxygen atoms in total. The Kier molecular flexibility index (Phi) is 2.19. The Morgan fingerprint density at radius 2 is 1.79 bits per heavy atom. The van der Waals surface area contributed by atoms with Crippen molar-refractivity contribution in [2.45, 2.75) is 6.92 Å². The molecular weight excluding hydrogens is 174 g/mol. The lowest BCUT2D eigenvalue weighted by Crippen LogP contribution is -2.04. The van der Waals surface area contributed by atoms with Gasteiger partial charge in [0.15, 0.2) is 0 Å². The highest BCUT2D eigenvalue weighted by molar-refractivity contribution is 5.82. The van der Waals surface area contributed by atoms with Gasteiger partial charge in [0.1, 0.15) is 0 Å². The van der Waals surface area contributed by atoms with Gasteiger partial charge in [0.05, 0.1) is 5.69 Å². The SMILES string of the molecule is CC(=O)n1cccc1-c1ccccc1.